The molecule has 11 heteroatoms. The summed E-state index contributed by atoms with van der Waals surface area (Å²) in [6.07, 6.45) is 0. The van der Waals surface area contributed by atoms with Gasteiger partial charge in [0.1, 0.15) is 16.5 Å². The number of carbonyl (C=O) groups is 1. The number of esters is 1. The lowest BCUT2D eigenvalue weighted by molar-refractivity contribution is 0.0429. The van der Waals surface area contributed by atoms with Gasteiger partial charge in [0, 0.05) is 11.6 Å². The highest BCUT2D eigenvalue weighted by Gasteiger charge is 2.23. The van der Waals surface area contributed by atoms with Gasteiger partial charge in [0.15, 0.2) is 6.61 Å². The van der Waals surface area contributed by atoms with E-state index in [1.54, 1.807) is 32.9 Å². The van der Waals surface area contributed by atoms with Crippen molar-refractivity contribution in [2.45, 2.75) is 38.3 Å². The predicted octanol–water partition coefficient (Wildman–Crippen LogP) is 3.24. The monoisotopic (exact) mass is 463 g/mol. The van der Waals surface area contributed by atoms with Crippen LogP contribution in [0.1, 0.15) is 35.7 Å². The van der Waals surface area contributed by atoms with Crippen LogP contribution >= 0.6 is 0 Å². The third-order valence-corrected chi connectivity index (χ3v) is 5.98. The molecule has 170 valence electrons. The van der Waals surface area contributed by atoms with Crippen LogP contribution in [-0.4, -0.2) is 37.7 Å². The van der Waals surface area contributed by atoms with E-state index < -0.39 is 21.8 Å². The van der Waals surface area contributed by atoms with Crippen LogP contribution in [0.4, 0.5) is 4.39 Å². The van der Waals surface area contributed by atoms with E-state index in [0.29, 0.717) is 11.1 Å². The Balaban J connectivity index is 1.75. The summed E-state index contributed by atoms with van der Waals surface area (Å²) in [5, 5.41) is 3.76. The first-order valence-corrected chi connectivity index (χ1v) is 11.1. The minimum Gasteiger partial charge on any atom is -0.495 e. The number of carbonyl (C=O) groups excluding carboxylic acids is 1. The molecule has 1 aromatic heterocycles. The van der Waals surface area contributed by atoms with Crippen LogP contribution in [0.5, 0.6) is 5.75 Å². The number of rotatable bonds is 8. The summed E-state index contributed by atoms with van der Waals surface area (Å²) in [6.45, 7) is 4.63. The van der Waals surface area contributed by atoms with E-state index in [2.05, 4.69) is 14.9 Å². The van der Waals surface area contributed by atoms with Crippen LogP contribution in [0.25, 0.3) is 11.4 Å². The van der Waals surface area contributed by atoms with Gasteiger partial charge in [-0.05, 0) is 50.6 Å². The van der Waals surface area contributed by atoms with Crippen molar-refractivity contribution in [1.82, 2.24) is 14.9 Å². The highest BCUT2D eigenvalue weighted by atomic mass is 32.2. The first-order valence-electron chi connectivity index (χ1n) is 9.57. The molecule has 9 nitrogen and oxygen atoms in total. The average molecular weight is 463 g/mol. The summed E-state index contributed by atoms with van der Waals surface area (Å²) in [5.74, 6) is -0.974. The standard InChI is InChI=1S/C21H22FN3O6S/c1-12(2)25-32(27,28)18-10-15(7-8-17(18)29-4)21(26)30-11-19-23-20(24-31-19)14-6-5-13(3)16(22)9-14/h5-10,12,25H,11H2,1-4H3. The number of halogens is 1. The lowest BCUT2D eigenvalue weighted by Gasteiger charge is -2.13. The number of nitrogens with one attached hydrogen (secondary N) is 1. The Morgan fingerprint density at radius 1 is 1.22 bits per heavy atom. The average Bonchev–Trinajstić information content (AvgIpc) is 3.21. The predicted molar refractivity (Wildman–Crippen MR) is 112 cm³/mol. The van der Waals surface area contributed by atoms with E-state index in [0.717, 1.165) is 0 Å². The van der Waals surface area contributed by atoms with E-state index in [9.17, 15) is 17.6 Å². The molecule has 0 saturated carbocycles. The largest absolute Gasteiger partial charge is 0.495 e. The molecule has 0 radical (unpaired) electrons. The molecule has 0 unspecified atom stereocenters. The van der Waals surface area contributed by atoms with Crippen molar-refractivity contribution in [1.29, 1.82) is 0 Å². The van der Waals surface area contributed by atoms with Gasteiger partial charge >= 0.3 is 5.97 Å². The van der Waals surface area contributed by atoms with E-state index in [4.69, 9.17) is 14.0 Å². The second-order valence-electron chi connectivity index (χ2n) is 7.19. The van der Waals surface area contributed by atoms with Gasteiger partial charge in [0.2, 0.25) is 15.8 Å². The number of sulfonamides is 1. The summed E-state index contributed by atoms with van der Waals surface area (Å²) < 4.78 is 56.6. The van der Waals surface area contributed by atoms with Crippen molar-refractivity contribution < 1.29 is 31.6 Å². The topological polar surface area (TPSA) is 121 Å². The number of nitrogens with zero attached hydrogens (tertiary/aromatic N) is 2. The summed E-state index contributed by atoms with van der Waals surface area (Å²) in [7, 11) is -2.59. The van der Waals surface area contributed by atoms with Crippen molar-refractivity contribution in [3.8, 4) is 17.1 Å². The second kappa shape index (κ2) is 9.45. The Bertz CT molecular complexity index is 1240. The zero-order chi connectivity index (χ0) is 23.5. The smallest absolute Gasteiger partial charge is 0.338 e. The van der Waals surface area contributed by atoms with Gasteiger partial charge in [-0.2, -0.15) is 4.98 Å². The molecule has 0 aliphatic heterocycles. The van der Waals surface area contributed by atoms with Crippen molar-refractivity contribution in [2.24, 2.45) is 0 Å². The fraction of sp³-hybridized carbons (Fsp3) is 0.286. The molecule has 0 atom stereocenters. The highest BCUT2D eigenvalue weighted by molar-refractivity contribution is 7.89. The number of hydrogen-bond acceptors (Lipinski definition) is 8. The van der Waals surface area contributed by atoms with Crippen LogP contribution in [0.15, 0.2) is 45.8 Å². The molecule has 0 aliphatic rings. The second-order valence-corrected chi connectivity index (χ2v) is 8.88. The zero-order valence-electron chi connectivity index (χ0n) is 17.9. The Morgan fingerprint density at radius 3 is 2.62 bits per heavy atom. The maximum Gasteiger partial charge on any atom is 0.338 e. The van der Waals surface area contributed by atoms with Crippen LogP contribution < -0.4 is 9.46 Å². The van der Waals surface area contributed by atoms with Gasteiger partial charge in [0.05, 0.1) is 12.7 Å². The molecule has 0 amide bonds. The maximum absolute atomic E-state index is 13.7. The van der Waals surface area contributed by atoms with Crippen LogP contribution in [0, 0.1) is 12.7 Å². The van der Waals surface area contributed by atoms with Crippen LogP contribution in [0.3, 0.4) is 0 Å². The third kappa shape index (κ3) is 5.29. The Hall–Kier alpha value is -3.31. The fourth-order valence-corrected chi connectivity index (χ4v) is 4.21. The Kier molecular flexibility index (Phi) is 6.90. The molecule has 0 bridgehead atoms. The molecule has 1 N–H and O–H groups in total. The molecule has 1 heterocycles. The van der Waals surface area contributed by atoms with Gasteiger partial charge < -0.3 is 14.0 Å². The number of aryl methyl sites for hydroxylation is 1. The Labute approximate surface area is 184 Å². The number of aromatic nitrogens is 2. The normalized spacial score (nSPS) is 11.6. The summed E-state index contributed by atoms with van der Waals surface area (Å²) >= 11 is 0. The quantitative estimate of drug-likeness (QED) is 0.506. The number of methoxy groups -OCH3 is 1. The molecule has 0 aliphatic carbocycles. The van der Waals surface area contributed by atoms with Gasteiger partial charge in [-0.25, -0.2) is 22.3 Å². The molecular weight excluding hydrogens is 441 g/mol. The molecule has 0 fully saturated rings. The summed E-state index contributed by atoms with van der Waals surface area (Å²) in [5.41, 5.74) is 0.892. The van der Waals surface area contributed by atoms with Crippen molar-refractivity contribution in [2.75, 3.05) is 7.11 Å². The zero-order valence-corrected chi connectivity index (χ0v) is 18.7. The number of hydrogen-bond donors (Lipinski definition) is 1. The van der Waals surface area contributed by atoms with E-state index in [-0.39, 0.29) is 40.6 Å². The third-order valence-electron chi connectivity index (χ3n) is 4.30. The van der Waals surface area contributed by atoms with Gasteiger partial charge in [-0.3, -0.25) is 0 Å². The molecule has 3 aromatic rings. The minimum absolute atomic E-state index is 0.00263. The van der Waals surface area contributed by atoms with Gasteiger partial charge in [-0.1, -0.05) is 17.3 Å². The first kappa shape index (κ1) is 23.4. The van der Waals surface area contributed by atoms with Crippen molar-refractivity contribution in [3.63, 3.8) is 0 Å². The van der Waals surface area contributed by atoms with E-state index in [1.165, 1.54) is 31.4 Å². The van der Waals surface area contributed by atoms with Crippen LogP contribution in [-0.2, 0) is 21.4 Å². The lowest BCUT2D eigenvalue weighted by atomic mass is 10.1. The Morgan fingerprint density at radius 2 is 1.97 bits per heavy atom. The number of ether oxygens (including phenoxy) is 2. The van der Waals surface area contributed by atoms with Crippen LogP contribution in [0.2, 0.25) is 0 Å². The maximum atomic E-state index is 13.7. The van der Waals surface area contributed by atoms with Gasteiger partial charge in [-0.15, -0.1) is 0 Å². The number of benzene rings is 2. The summed E-state index contributed by atoms with van der Waals surface area (Å²) in [4.78, 5) is 16.4. The van der Waals surface area contributed by atoms with E-state index >= 15 is 0 Å². The van der Waals surface area contributed by atoms with Crippen molar-refractivity contribution >= 4 is 16.0 Å². The molecule has 0 saturated heterocycles. The lowest BCUT2D eigenvalue weighted by Crippen LogP contribution is -2.30. The molecular formula is C21H22FN3O6S. The van der Waals surface area contributed by atoms with Crippen molar-refractivity contribution in [3.05, 3.63) is 59.2 Å². The minimum atomic E-state index is -3.91. The summed E-state index contributed by atoms with van der Waals surface area (Å²) in [6, 6.07) is 8.06. The fourth-order valence-electron chi connectivity index (χ4n) is 2.76. The highest BCUT2D eigenvalue weighted by Crippen LogP contribution is 2.26. The van der Waals surface area contributed by atoms with E-state index in [1.807, 2.05) is 0 Å². The van der Waals surface area contributed by atoms with Gasteiger partial charge in [0.25, 0.3) is 5.89 Å². The molecule has 3 rings (SSSR count). The first-order chi connectivity index (χ1) is 15.1. The molecule has 0 spiro atoms. The molecule has 2 aromatic carbocycles. The SMILES string of the molecule is COc1ccc(C(=O)OCc2nc(-c3ccc(C)c(F)c3)no2)cc1S(=O)(=O)NC(C)C. The molecule has 32 heavy (non-hydrogen) atoms.